The molecule has 1 fully saturated rings. The van der Waals surface area contributed by atoms with Gasteiger partial charge in [-0.05, 0) is 25.8 Å². The van der Waals surface area contributed by atoms with Crippen LogP contribution in [0.3, 0.4) is 0 Å². The number of rotatable bonds is 7. The number of nitrogens with one attached hydrogen (secondary N) is 1. The van der Waals surface area contributed by atoms with Crippen LogP contribution in [0.1, 0.15) is 51.9 Å². The fraction of sp³-hybridized carbons (Fsp3) is 0.857. The molecule has 0 radical (unpaired) electrons. The molecule has 19 heavy (non-hydrogen) atoms. The van der Waals surface area contributed by atoms with E-state index >= 15 is 0 Å². The summed E-state index contributed by atoms with van der Waals surface area (Å²) in [5.41, 5.74) is -0.477. The highest BCUT2D eigenvalue weighted by Gasteiger charge is 2.40. The van der Waals surface area contributed by atoms with E-state index in [2.05, 4.69) is 5.32 Å². The van der Waals surface area contributed by atoms with Crippen LogP contribution in [0.2, 0.25) is 0 Å². The number of carboxylic acids is 1. The molecule has 5 heteroatoms. The van der Waals surface area contributed by atoms with Gasteiger partial charge in [-0.3, -0.25) is 9.59 Å². The van der Waals surface area contributed by atoms with Gasteiger partial charge in [-0.1, -0.05) is 26.2 Å². The Labute approximate surface area is 115 Å². The third kappa shape index (κ3) is 4.49. The van der Waals surface area contributed by atoms with Crippen molar-refractivity contribution in [3.63, 3.8) is 0 Å². The standard InChI is InChI=1S/C14H26N2O3/c1-3-9-15-11-12(17)16(2)14(10-13(18)19)7-5-4-6-8-14/h15H,3-11H2,1-2H3,(H,18,19). The molecule has 0 bridgehead atoms. The van der Waals surface area contributed by atoms with Gasteiger partial charge in [0.1, 0.15) is 0 Å². The molecular weight excluding hydrogens is 244 g/mol. The summed E-state index contributed by atoms with van der Waals surface area (Å²) in [4.78, 5) is 25.0. The number of hydrogen-bond donors (Lipinski definition) is 2. The molecule has 1 aliphatic rings. The van der Waals surface area contributed by atoms with Crippen LogP contribution in [-0.2, 0) is 9.59 Å². The molecule has 1 aliphatic carbocycles. The highest BCUT2D eigenvalue weighted by atomic mass is 16.4. The molecule has 1 rings (SSSR count). The van der Waals surface area contributed by atoms with Crippen molar-refractivity contribution in [3.8, 4) is 0 Å². The fourth-order valence-electron chi connectivity index (χ4n) is 2.88. The number of nitrogens with zero attached hydrogens (tertiary/aromatic N) is 1. The first-order valence-corrected chi connectivity index (χ1v) is 7.21. The van der Waals surface area contributed by atoms with Gasteiger partial charge in [0.05, 0.1) is 18.5 Å². The predicted octanol–water partition coefficient (Wildman–Crippen LogP) is 1.62. The summed E-state index contributed by atoms with van der Waals surface area (Å²) in [6.07, 6.45) is 5.79. The molecule has 110 valence electrons. The van der Waals surface area contributed by atoms with E-state index < -0.39 is 11.5 Å². The second-order valence-electron chi connectivity index (χ2n) is 5.49. The Kier molecular flexibility index (Phi) is 6.28. The van der Waals surface area contributed by atoms with E-state index in [0.717, 1.165) is 45.1 Å². The number of hydrogen-bond acceptors (Lipinski definition) is 3. The summed E-state index contributed by atoms with van der Waals surface area (Å²) in [5.74, 6) is -0.820. The Morgan fingerprint density at radius 2 is 1.89 bits per heavy atom. The lowest BCUT2D eigenvalue weighted by Crippen LogP contribution is -2.54. The first-order valence-electron chi connectivity index (χ1n) is 7.21. The third-order valence-corrected chi connectivity index (χ3v) is 4.05. The van der Waals surface area contributed by atoms with Crippen molar-refractivity contribution in [1.82, 2.24) is 10.2 Å². The van der Waals surface area contributed by atoms with Crippen LogP contribution < -0.4 is 5.32 Å². The van der Waals surface area contributed by atoms with Crippen LogP contribution in [0.4, 0.5) is 0 Å². The summed E-state index contributed by atoms with van der Waals surface area (Å²) in [7, 11) is 1.75. The Morgan fingerprint density at radius 3 is 2.42 bits per heavy atom. The van der Waals surface area contributed by atoms with Crippen molar-refractivity contribution in [2.45, 2.75) is 57.4 Å². The SMILES string of the molecule is CCCNCC(=O)N(C)C1(CC(=O)O)CCCCC1. The minimum Gasteiger partial charge on any atom is -0.481 e. The first-order chi connectivity index (χ1) is 9.02. The molecule has 1 amide bonds. The normalized spacial score (nSPS) is 18.0. The molecule has 0 unspecified atom stereocenters. The molecule has 0 heterocycles. The lowest BCUT2D eigenvalue weighted by atomic mass is 9.78. The van der Waals surface area contributed by atoms with Crippen LogP contribution >= 0.6 is 0 Å². The van der Waals surface area contributed by atoms with E-state index in [1.54, 1.807) is 11.9 Å². The van der Waals surface area contributed by atoms with Gasteiger partial charge in [-0.25, -0.2) is 0 Å². The summed E-state index contributed by atoms with van der Waals surface area (Å²) in [5, 5.41) is 12.2. The van der Waals surface area contributed by atoms with Gasteiger partial charge < -0.3 is 15.3 Å². The number of aliphatic carboxylic acids is 1. The monoisotopic (exact) mass is 270 g/mol. The van der Waals surface area contributed by atoms with Crippen molar-refractivity contribution < 1.29 is 14.7 Å². The van der Waals surface area contributed by atoms with Crippen LogP contribution in [0, 0.1) is 0 Å². The Hall–Kier alpha value is -1.10. The largest absolute Gasteiger partial charge is 0.481 e. The summed E-state index contributed by atoms with van der Waals surface area (Å²) in [6, 6.07) is 0. The molecule has 5 nitrogen and oxygen atoms in total. The first kappa shape index (κ1) is 16.0. The van der Waals surface area contributed by atoms with Gasteiger partial charge in [0, 0.05) is 7.05 Å². The number of carbonyl (C=O) groups is 2. The Bertz CT molecular complexity index is 312. The van der Waals surface area contributed by atoms with Crippen molar-refractivity contribution in [3.05, 3.63) is 0 Å². The molecule has 0 aromatic heterocycles. The summed E-state index contributed by atoms with van der Waals surface area (Å²) < 4.78 is 0. The second-order valence-corrected chi connectivity index (χ2v) is 5.49. The van der Waals surface area contributed by atoms with Gasteiger partial charge in [0.25, 0.3) is 0 Å². The maximum atomic E-state index is 12.2. The van der Waals surface area contributed by atoms with Crippen LogP contribution in [0.25, 0.3) is 0 Å². The predicted molar refractivity (Wildman–Crippen MR) is 74.0 cm³/mol. The lowest BCUT2D eigenvalue weighted by Gasteiger charge is -2.44. The van der Waals surface area contributed by atoms with E-state index in [1.165, 1.54) is 0 Å². The Morgan fingerprint density at radius 1 is 1.26 bits per heavy atom. The van der Waals surface area contributed by atoms with Gasteiger partial charge in [0.15, 0.2) is 0 Å². The molecule has 0 aliphatic heterocycles. The number of carbonyl (C=O) groups excluding carboxylic acids is 1. The molecule has 0 atom stereocenters. The van der Waals surface area contributed by atoms with Crippen molar-refractivity contribution in [2.24, 2.45) is 0 Å². The van der Waals surface area contributed by atoms with Gasteiger partial charge in [-0.2, -0.15) is 0 Å². The van der Waals surface area contributed by atoms with Gasteiger partial charge in [-0.15, -0.1) is 0 Å². The highest BCUT2D eigenvalue weighted by Crippen LogP contribution is 2.35. The van der Waals surface area contributed by atoms with Crippen molar-refractivity contribution in [1.29, 1.82) is 0 Å². The number of carboxylic acid groups (broad SMARTS) is 1. The zero-order valence-electron chi connectivity index (χ0n) is 12.1. The lowest BCUT2D eigenvalue weighted by molar-refractivity contribution is -0.145. The van der Waals surface area contributed by atoms with Gasteiger partial charge >= 0.3 is 5.97 Å². The van der Waals surface area contributed by atoms with Crippen LogP contribution in [-0.4, -0.2) is 47.6 Å². The number of amides is 1. The van der Waals surface area contributed by atoms with Crippen LogP contribution in [0.15, 0.2) is 0 Å². The van der Waals surface area contributed by atoms with Crippen LogP contribution in [0.5, 0.6) is 0 Å². The maximum Gasteiger partial charge on any atom is 0.305 e. The van der Waals surface area contributed by atoms with E-state index in [0.29, 0.717) is 6.54 Å². The van der Waals surface area contributed by atoms with E-state index in [4.69, 9.17) is 5.11 Å². The quantitative estimate of drug-likeness (QED) is 0.690. The molecule has 1 saturated carbocycles. The highest BCUT2D eigenvalue weighted by molar-refractivity contribution is 5.80. The van der Waals surface area contributed by atoms with E-state index in [1.807, 2.05) is 6.92 Å². The van der Waals surface area contributed by atoms with Gasteiger partial charge in [0.2, 0.25) is 5.91 Å². The number of likely N-dealkylation sites (N-methyl/N-ethyl adjacent to an activating group) is 1. The van der Waals surface area contributed by atoms with Crippen molar-refractivity contribution in [2.75, 3.05) is 20.1 Å². The molecule has 0 spiro atoms. The zero-order chi connectivity index (χ0) is 14.3. The molecular formula is C14H26N2O3. The molecule has 0 aromatic rings. The van der Waals surface area contributed by atoms with E-state index in [-0.39, 0.29) is 12.3 Å². The maximum absolute atomic E-state index is 12.2. The molecule has 0 aromatic carbocycles. The fourth-order valence-corrected chi connectivity index (χ4v) is 2.88. The summed E-state index contributed by atoms with van der Waals surface area (Å²) in [6.45, 7) is 3.16. The zero-order valence-corrected chi connectivity index (χ0v) is 12.1. The average molecular weight is 270 g/mol. The smallest absolute Gasteiger partial charge is 0.305 e. The third-order valence-electron chi connectivity index (χ3n) is 4.05. The average Bonchev–Trinajstić information content (AvgIpc) is 2.38. The minimum atomic E-state index is -0.817. The Balaban J connectivity index is 2.67. The molecule has 2 N–H and O–H groups in total. The van der Waals surface area contributed by atoms with E-state index in [9.17, 15) is 9.59 Å². The topological polar surface area (TPSA) is 69.6 Å². The molecule has 0 saturated heterocycles. The van der Waals surface area contributed by atoms with Crippen molar-refractivity contribution >= 4 is 11.9 Å². The summed E-state index contributed by atoms with van der Waals surface area (Å²) >= 11 is 0. The second kappa shape index (κ2) is 7.48. The minimum absolute atomic E-state index is 0.00315.